The highest BCUT2D eigenvalue weighted by Crippen LogP contribution is 2.41. The van der Waals surface area contributed by atoms with Gasteiger partial charge < -0.3 is 10.5 Å². The maximum atomic E-state index is 6.04. The third kappa shape index (κ3) is 1.75. The summed E-state index contributed by atoms with van der Waals surface area (Å²) < 4.78 is 6.04. The summed E-state index contributed by atoms with van der Waals surface area (Å²) in [7, 11) is 0. The van der Waals surface area contributed by atoms with Crippen molar-refractivity contribution in [2.24, 2.45) is 5.73 Å². The molecule has 2 nitrogen and oxygen atoms in total. The normalized spacial score (nSPS) is 22.4. The first-order valence-corrected chi connectivity index (χ1v) is 5.89. The fraction of sp³-hybridized carbons (Fsp3) is 0.200. The van der Waals surface area contributed by atoms with E-state index in [1.54, 1.807) is 0 Å². The summed E-state index contributed by atoms with van der Waals surface area (Å²) in [5.41, 5.74) is 9.42. The lowest BCUT2D eigenvalue weighted by atomic mass is 9.98. The summed E-state index contributed by atoms with van der Waals surface area (Å²) in [5, 5.41) is 0. The van der Waals surface area contributed by atoms with Crippen molar-refractivity contribution < 1.29 is 4.74 Å². The van der Waals surface area contributed by atoms with Crippen LogP contribution in [-0.2, 0) is 4.74 Å². The van der Waals surface area contributed by atoms with Gasteiger partial charge in [0.1, 0.15) is 6.10 Å². The lowest BCUT2D eigenvalue weighted by molar-refractivity contribution is 0.0392. The van der Waals surface area contributed by atoms with E-state index in [4.69, 9.17) is 10.5 Å². The first-order valence-electron chi connectivity index (χ1n) is 5.89. The lowest BCUT2D eigenvalue weighted by Gasteiger charge is -2.13. The second kappa shape index (κ2) is 4.32. The number of hydrogen-bond donors (Lipinski definition) is 1. The summed E-state index contributed by atoms with van der Waals surface area (Å²) >= 11 is 0. The molecule has 2 atom stereocenters. The molecule has 2 N–H and O–H groups in total. The van der Waals surface area contributed by atoms with Crippen molar-refractivity contribution in [3.63, 3.8) is 0 Å². The Bertz CT molecular complexity index is 509. The largest absolute Gasteiger partial charge is 0.360 e. The fourth-order valence-electron chi connectivity index (χ4n) is 2.42. The zero-order valence-electron chi connectivity index (χ0n) is 9.54. The number of rotatable bonds is 2. The Hall–Kier alpha value is -1.64. The Morgan fingerprint density at radius 3 is 2.24 bits per heavy atom. The molecule has 1 aliphatic rings. The van der Waals surface area contributed by atoms with Crippen LogP contribution in [0.4, 0.5) is 0 Å². The van der Waals surface area contributed by atoms with Gasteiger partial charge in [0, 0.05) is 6.54 Å². The predicted octanol–water partition coefficient (Wildman–Crippen LogP) is 2.81. The Morgan fingerprint density at radius 2 is 1.53 bits per heavy atom. The molecule has 3 rings (SSSR count). The highest BCUT2D eigenvalue weighted by atomic mass is 16.5. The predicted molar refractivity (Wildman–Crippen MR) is 67.6 cm³/mol. The topological polar surface area (TPSA) is 35.2 Å². The van der Waals surface area contributed by atoms with Crippen LogP contribution in [0.1, 0.15) is 28.9 Å². The molecule has 0 aliphatic carbocycles. The van der Waals surface area contributed by atoms with E-state index < -0.39 is 0 Å². The Morgan fingerprint density at radius 1 is 0.882 bits per heavy atom. The van der Waals surface area contributed by atoms with Crippen molar-refractivity contribution >= 4 is 0 Å². The molecule has 17 heavy (non-hydrogen) atoms. The van der Waals surface area contributed by atoms with Crippen LogP contribution in [0, 0.1) is 0 Å². The molecule has 0 fully saturated rings. The monoisotopic (exact) mass is 225 g/mol. The van der Waals surface area contributed by atoms with Gasteiger partial charge in [-0.3, -0.25) is 0 Å². The third-order valence-corrected chi connectivity index (χ3v) is 3.24. The highest BCUT2D eigenvalue weighted by molar-refractivity contribution is 5.40. The van der Waals surface area contributed by atoms with Gasteiger partial charge in [-0.1, -0.05) is 54.6 Å². The van der Waals surface area contributed by atoms with Gasteiger partial charge in [0.2, 0.25) is 0 Å². The zero-order valence-corrected chi connectivity index (χ0v) is 9.54. The first-order chi connectivity index (χ1) is 8.40. The molecule has 2 heteroatoms. The summed E-state index contributed by atoms with van der Waals surface area (Å²) in [4.78, 5) is 0. The SMILES string of the molecule is NCC1OC(c2ccccc2)c2ccccc21. The molecule has 0 saturated carbocycles. The van der Waals surface area contributed by atoms with Crippen molar-refractivity contribution in [3.05, 3.63) is 71.3 Å². The van der Waals surface area contributed by atoms with Gasteiger partial charge in [-0.2, -0.15) is 0 Å². The minimum Gasteiger partial charge on any atom is -0.360 e. The van der Waals surface area contributed by atoms with Gasteiger partial charge >= 0.3 is 0 Å². The highest BCUT2D eigenvalue weighted by Gasteiger charge is 2.31. The first kappa shape index (κ1) is 10.5. The van der Waals surface area contributed by atoms with Crippen molar-refractivity contribution in [2.75, 3.05) is 6.54 Å². The maximum Gasteiger partial charge on any atom is 0.109 e. The molecular formula is C15H15NO. The van der Waals surface area contributed by atoms with Crippen LogP contribution in [0.3, 0.4) is 0 Å². The molecule has 0 saturated heterocycles. The summed E-state index contributed by atoms with van der Waals surface area (Å²) in [6, 6.07) is 18.6. The number of fused-ring (bicyclic) bond motifs is 1. The van der Waals surface area contributed by atoms with Gasteiger partial charge in [0.15, 0.2) is 0 Å². The summed E-state index contributed by atoms with van der Waals surface area (Å²) in [6.07, 6.45) is 0.0531. The number of ether oxygens (including phenoxy) is 1. The average molecular weight is 225 g/mol. The van der Waals surface area contributed by atoms with Gasteiger partial charge in [-0.25, -0.2) is 0 Å². The molecule has 0 aromatic heterocycles. The number of benzene rings is 2. The smallest absolute Gasteiger partial charge is 0.109 e. The number of hydrogen-bond acceptors (Lipinski definition) is 2. The van der Waals surface area contributed by atoms with E-state index in [1.807, 2.05) is 24.3 Å². The van der Waals surface area contributed by atoms with Crippen LogP contribution in [0.5, 0.6) is 0 Å². The van der Waals surface area contributed by atoms with E-state index in [0.29, 0.717) is 6.54 Å². The van der Waals surface area contributed by atoms with E-state index in [-0.39, 0.29) is 12.2 Å². The molecule has 2 aromatic rings. The number of nitrogens with two attached hydrogens (primary N) is 1. The maximum absolute atomic E-state index is 6.04. The Balaban J connectivity index is 2.05. The molecular weight excluding hydrogens is 210 g/mol. The second-order valence-corrected chi connectivity index (χ2v) is 4.28. The lowest BCUT2D eigenvalue weighted by Crippen LogP contribution is -2.11. The van der Waals surface area contributed by atoms with E-state index in [0.717, 1.165) is 0 Å². The average Bonchev–Trinajstić information content (AvgIpc) is 2.78. The minimum atomic E-state index is 0.0245. The van der Waals surface area contributed by atoms with Crippen molar-refractivity contribution in [1.29, 1.82) is 0 Å². The molecule has 0 bridgehead atoms. The van der Waals surface area contributed by atoms with Crippen LogP contribution < -0.4 is 5.73 Å². The standard InChI is InChI=1S/C15H15NO/c16-10-14-12-8-4-5-9-13(12)15(17-14)11-6-2-1-3-7-11/h1-9,14-15H,10,16H2. The Labute approximate surface area is 101 Å². The van der Waals surface area contributed by atoms with E-state index in [2.05, 4.69) is 30.3 Å². The fourth-order valence-corrected chi connectivity index (χ4v) is 2.42. The molecule has 1 heterocycles. The summed E-state index contributed by atoms with van der Waals surface area (Å²) in [6.45, 7) is 0.528. The van der Waals surface area contributed by atoms with Gasteiger partial charge in [-0.05, 0) is 16.7 Å². The third-order valence-electron chi connectivity index (χ3n) is 3.24. The van der Waals surface area contributed by atoms with Crippen molar-refractivity contribution in [3.8, 4) is 0 Å². The zero-order chi connectivity index (χ0) is 11.7. The molecule has 86 valence electrons. The quantitative estimate of drug-likeness (QED) is 0.853. The van der Waals surface area contributed by atoms with Crippen LogP contribution in [0.15, 0.2) is 54.6 Å². The molecule has 0 amide bonds. The van der Waals surface area contributed by atoms with Crippen LogP contribution in [-0.4, -0.2) is 6.54 Å². The van der Waals surface area contributed by atoms with Gasteiger partial charge in [-0.15, -0.1) is 0 Å². The second-order valence-electron chi connectivity index (χ2n) is 4.28. The summed E-state index contributed by atoms with van der Waals surface area (Å²) in [5.74, 6) is 0. The molecule has 0 radical (unpaired) electrons. The van der Waals surface area contributed by atoms with E-state index >= 15 is 0 Å². The van der Waals surface area contributed by atoms with E-state index in [9.17, 15) is 0 Å². The molecule has 2 aromatic carbocycles. The van der Waals surface area contributed by atoms with Gasteiger partial charge in [0.25, 0.3) is 0 Å². The van der Waals surface area contributed by atoms with E-state index in [1.165, 1.54) is 16.7 Å². The van der Waals surface area contributed by atoms with Crippen molar-refractivity contribution in [2.45, 2.75) is 12.2 Å². The molecule has 1 aliphatic heterocycles. The van der Waals surface area contributed by atoms with Gasteiger partial charge in [0.05, 0.1) is 6.10 Å². The Kier molecular flexibility index (Phi) is 2.67. The molecule has 0 spiro atoms. The van der Waals surface area contributed by atoms with Crippen molar-refractivity contribution in [1.82, 2.24) is 0 Å². The van der Waals surface area contributed by atoms with Crippen LogP contribution >= 0.6 is 0 Å². The van der Waals surface area contributed by atoms with Crippen LogP contribution in [0.2, 0.25) is 0 Å². The minimum absolute atomic E-state index is 0.0245. The van der Waals surface area contributed by atoms with Crippen LogP contribution in [0.25, 0.3) is 0 Å². The molecule has 2 unspecified atom stereocenters.